The molecular weight excluding hydrogens is 148 g/mol. The summed E-state index contributed by atoms with van der Waals surface area (Å²) in [4.78, 5) is 2.16. The molecule has 0 aromatic rings. The van der Waals surface area contributed by atoms with Gasteiger partial charge in [-0.05, 0) is 20.5 Å². The second-order valence-electron chi connectivity index (χ2n) is 3.27. The number of nitrogens with one attached hydrogen (secondary N) is 1. The van der Waals surface area contributed by atoms with Crippen LogP contribution in [-0.4, -0.2) is 38.1 Å². The standard InChI is InChI=1S/C10H20N2/c1-5-7-10(6-2)11-8-9-12(3)4/h1,10-11H,6-9H2,2-4H3. The Kier molecular flexibility index (Phi) is 6.84. The summed E-state index contributed by atoms with van der Waals surface area (Å²) in [6.07, 6.45) is 7.18. The molecule has 0 aliphatic heterocycles. The molecule has 0 aromatic heterocycles. The first-order chi connectivity index (χ1) is 5.70. The van der Waals surface area contributed by atoms with Gasteiger partial charge in [-0.2, -0.15) is 0 Å². The van der Waals surface area contributed by atoms with Crippen molar-refractivity contribution in [3.63, 3.8) is 0 Å². The molecule has 0 saturated heterocycles. The molecule has 0 aliphatic carbocycles. The molecule has 0 radical (unpaired) electrons. The van der Waals surface area contributed by atoms with Crippen LogP contribution in [0.25, 0.3) is 0 Å². The van der Waals surface area contributed by atoms with Crippen molar-refractivity contribution in [3.05, 3.63) is 0 Å². The van der Waals surface area contributed by atoms with Crippen LogP contribution in [0.1, 0.15) is 19.8 Å². The predicted molar refractivity (Wildman–Crippen MR) is 54.1 cm³/mol. The highest BCUT2D eigenvalue weighted by Crippen LogP contribution is 1.94. The molecule has 0 saturated carbocycles. The summed E-state index contributed by atoms with van der Waals surface area (Å²) in [6, 6.07) is 0.495. The van der Waals surface area contributed by atoms with Crippen LogP contribution in [0.5, 0.6) is 0 Å². The number of rotatable bonds is 6. The SMILES string of the molecule is C#CCC(CC)NCCN(C)C. The first-order valence-corrected chi connectivity index (χ1v) is 4.52. The van der Waals surface area contributed by atoms with Crippen LogP contribution in [0, 0.1) is 12.3 Å². The van der Waals surface area contributed by atoms with Crippen LogP contribution < -0.4 is 5.32 Å². The smallest absolute Gasteiger partial charge is 0.0240 e. The van der Waals surface area contributed by atoms with Crippen molar-refractivity contribution in [1.82, 2.24) is 10.2 Å². The molecule has 12 heavy (non-hydrogen) atoms. The molecule has 70 valence electrons. The Bertz CT molecular complexity index is 135. The van der Waals surface area contributed by atoms with Gasteiger partial charge in [0.15, 0.2) is 0 Å². The van der Waals surface area contributed by atoms with E-state index in [0.29, 0.717) is 6.04 Å². The predicted octanol–water partition coefficient (Wildman–Crippen LogP) is 0.940. The maximum atomic E-state index is 5.24. The Morgan fingerprint density at radius 3 is 2.58 bits per heavy atom. The van der Waals surface area contributed by atoms with E-state index < -0.39 is 0 Å². The van der Waals surface area contributed by atoms with Gasteiger partial charge in [0.05, 0.1) is 0 Å². The van der Waals surface area contributed by atoms with E-state index in [1.54, 1.807) is 0 Å². The van der Waals surface area contributed by atoms with Crippen molar-refractivity contribution in [3.8, 4) is 12.3 Å². The molecule has 1 N–H and O–H groups in total. The molecule has 2 heteroatoms. The summed E-state index contributed by atoms with van der Waals surface area (Å²) in [5.74, 6) is 2.68. The average molecular weight is 168 g/mol. The van der Waals surface area contributed by atoms with Crippen LogP contribution in [0.2, 0.25) is 0 Å². The van der Waals surface area contributed by atoms with E-state index in [1.165, 1.54) is 0 Å². The highest BCUT2D eigenvalue weighted by molar-refractivity contribution is 4.89. The number of hydrogen-bond acceptors (Lipinski definition) is 2. The Labute approximate surface area is 76.3 Å². The van der Waals surface area contributed by atoms with Crippen LogP contribution in [0.4, 0.5) is 0 Å². The van der Waals surface area contributed by atoms with Gasteiger partial charge in [0.1, 0.15) is 0 Å². The van der Waals surface area contributed by atoms with Gasteiger partial charge < -0.3 is 10.2 Å². The van der Waals surface area contributed by atoms with Gasteiger partial charge in [0, 0.05) is 25.6 Å². The quantitative estimate of drug-likeness (QED) is 0.594. The summed E-state index contributed by atoms with van der Waals surface area (Å²) < 4.78 is 0. The van der Waals surface area contributed by atoms with Gasteiger partial charge in [-0.3, -0.25) is 0 Å². The minimum absolute atomic E-state index is 0.495. The fraction of sp³-hybridized carbons (Fsp3) is 0.800. The Morgan fingerprint density at radius 1 is 1.50 bits per heavy atom. The van der Waals surface area contributed by atoms with Crippen LogP contribution in [0.3, 0.4) is 0 Å². The van der Waals surface area contributed by atoms with Gasteiger partial charge >= 0.3 is 0 Å². The molecule has 0 fully saturated rings. The number of nitrogens with zero attached hydrogens (tertiary/aromatic N) is 1. The van der Waals surface area contributed by atoms with E-state index in [2.05, 4.69) is 37.2 Å². The maximum absolute atomic E-state index is 5.24. The summed E-state index contributed by atoms with van der Waals surface area (Å²) in [7, 11) is 4.15. The maximum Gasteiger partial charge on any atom is 0.0240 e. The molecule has 1 unspecified atom stereocenters. The van der Waals surface area contributed by atoms with Gasteiger partial charge in [-0.1, -0.05) is 6.92 Å². The molecule has 0 amide bonds. The number of likely N-dealkylation sites (N-methyl/N-ethyl adjacent to an activating group) is 1. The van der Waals surface area contributed by atoms with Crippen molar-refractivity contribution in [2.24, 2.45) is 0 Å². The number of terminal acetylenes is 1. The highest BCUT2D eigenvalue weighted by atomic mass is 15.1. The number of hydrogen-bond donors (Lipinski definition) is 1. The average Bonchev–Trinajstić information content (AvgIpc) is 2.02. The largest absolute Gasteiger partial charge is 0.312 e. The van der Waals surface area contributed by atoms with E-state index in [4.69, 9.17) is 6.42 Å². The first-order valence-electron chi connectivity index (χ1n) is 4.52. The van der Waals surface area contributed by atoms with Crippen molar-refractivity contribution >= 4 is 0 Å². The lowest BCUT2D eigenvalue weighted by Crippen LogP contribution is -2.34. The normalized spacial score (nSPS) is 12.9. The lowest BCUT2D eigenvalue weighted by atomic mass is 10.1. The van der Waals surface area contributed by atoms with Gasteiger partial charge in [0.25, 0.3) is 0 Å². The summed E-state index contributed by atoms with van der Waals surface area (Å²) >= 11 is 0. The molecular formula is C10H20N2. The van der Waals surface area contributed by atoms with Crippen molar-refractivity contribution in [2.45, 2.75) is 25.8 Å². The van der Waals surface area contributed by atoms with Crippen molar-refractivity contribution < 1.29 is 0 Å². The minimum Gasteiger partial charge on any atom is -0.312 e. The van der Waals surface area contributed by atoms with E-state index in [9.17, 15) is 0 Å². The third-order valence-electron chi connectivity index (χ3n) is 1.85. The Morgan fingerprint density at radius 2 is 2.17 bits per heavy atom. The highest BCUT2D eigenvalue weighted by Gasteiger charge is 2.01. The van der Waals surface area contributed by atoms with E-state index in [1.807, 2.05) is 0 Å². The molecule has 0 rings (SSSR count). The monoisotopic (exact) mass is 168 g/mol. The van der Waals surface area contributed by atoms with Gasteiger partial charge in [-0.25, -0.2) is 0 Å². The van der Waals surface area contributed by atoms with E-state index in [-0.39, 0.29) is 0 Å². The fourth-order valence-electron chi connectivity index (χ4n) is 0.995. The third kappa shape index (κ3) is 6.21. The van der Waals surface area contributed by atoms with Crippen molar-refractivity contribution in [1.29, 1.82) is 0 Å². The van der Waals surface area contributed by atoms with Gasteiger partial charge in [-0.15, -0.1) is 12.3 Å². The summed E-state index contributed by atoms with van der Waals surface area (Å²) in [6.45, 7) is 4.25. The molecule has 0 spiro atoms. The molecule has 0 bridgehead atoms. The zero-order valence-electron chi connectivity index (χ0n) is 8.43. The van der Waals surface area contributed by atoms with Crippen LogP contribution >= 0.6 is 0 Å². The molecule has 0 aromatic carbocycles. The Balaban J connectivity index is 3.39. The fourth-order valence-corrected chi connectivity index (χ4v) is 0.995. The lowest BCUT2D eigenvalue weighted by Gasteiger charge is -2.16. The minimum atomic E-state index is 0.495. The van der Waals surface area contributed by atoms with Crippen molar-refractivity contribution in [2.75, 3.05) is 27.2 Å². The second kappa shape index (κ2) is 7.15. The van der Waals surface area contributed by atoms with Gasteiger partial charge in [0.2, 0.25) is 0 Å². The molecule has 0 aliphatic rings. The van der Waals surface area contributed by atoms with E-state index >= 15 is 0 Å². The zero-order valence-corrected chi connectivity index (χ0v) is 8.43. The summed E-state index contributed by atoms with van der Waals surface area (Å²) in [5, 5.41) is 3.42. The zero-order chi connectivity index (χ0) is 9.40. The lowest BCUT2D eigenvalue weighted by molar-refractivity contribution is 0.381. The molecule has 2 nitrogen and oxygen atoms in total. The van der Waals surface area contributed by atoms with E-state index in [0.717, 1.165) is 25.9 Å². The molecule has 0 heterocycles. The Hall–Kier alpha value is -0.520. The second-order valence-corrected chi connectivity index (χ2v) is 3.27. The van der Waals surface area contributed by atoms with Crippen LogP contribution in [0.15, 0.2) is 0 Å². The topological polar surface area (TPSA) is 15.3 Å². The van der Waals surface area contributed by atoms with Crippen LogP contribution in [-0.2, 0) is 0 Å². The first kappa shape index (κ1) is 11.5. The molecule has 1 atom stereocenters. The summed E-state index contributed by atoms with van der Waals surface area (Å²) in [5.41, 5.74) is 0. The third-order valence-corrected chi connectivity index (χ3v) is 1.85.